The Kier molecular flexibility index (Phi) is 19.7. The summed E-state index contributed by atoms with van der Waals surface area (Å²) in [6, 6.07) is 0. The lowest BCUT2D eigenvalue weighted by molar-refractivity contribution is -0.143. The second kappa shape index (κ2) is 21.5. The molecule has 17 heteroatoms. The second-order valence-electron chi connectivity index (χ2n) is 8.61. The van der Waals surface area contributed by atoms with E-state index >= 15 is 0 Å². The minimum atomic E-state index is -1.22. The number of nitrogens with one attached hydrogen (secondary N) is 2. The third-order valence-corrected chi connectivity index (χ3v) is 5.13. The molecular weight excluding hydrogens is 524 g/mol. The number of carboxylic acid groups (broad SMARTS) is 4. The van der Waals surface area contributed by atoms with Gasteiger partial charge in [-0.2, -0.15) is 0 Å². The molecule has 8 N–H and O–H groups in total. The first kappa shape index (κ1) is 35.6. The highest BCUT2D eigenvalue weighted by Gasteiger charge is 2.19. The Labute approximate surface area is 225 Å². The number of nitrogens with zero attached hydrogens (tertiary/aromatic N) is 3. The average molecular weight is 565 g/mol. The summed E-state index contributed by atoms with van der Waals surface area (Å²) < 4.78 is 0. The van der Waals surface area contributed by atoms with Gasteiger partial charge in [0.1, 0.15) is 0 Å². The number of carboxylic acids is 4. The van der Waals surface area contributed by atoms with Crippen molar-refractivity contribution < 1.29 is 54.0 Å². The molecule has 0 aliphatic rings. The molecule has 2 amide bonds. The van der Waals surface area contributed by atoms with E-state index in [0.717, 1.165) is 12.8 Å². The van der Waals surface area contributed by atoms with Gasteiger partial charge in [0.05, 0.1) is 45.9 Å². The van der Waals surface area contributed by atoms with Crippen LogP contribution in [-0.2, 0) is 33.6 Å². The van der Waals surface area contributed by atoms with Crippen LogP contribution in [0.15, 0.2) is 0 Å². The normalized spacial score (nSPS) is 11.1. The van der Waals surface area contributed by atoms with E-state index in [2.05, 4.69) is 10.8 Å². The van der Waals surface area contributed by atoms with Crippen molar-refractivity contribution in [2.24, 2.45) is 5.73 Å². The quantitative estimate of drug-likeness (QED) is 0.0428. The molecular formula is C22H40N6O11. The zero-order valence-electron chi connectivity index (χ0n) is 21.9. The van der Waals surface area contributed by atoms with Crippen LogP contribution in [0.3, 0.4) is 0 Å². The number of nitrogens with two attached hydrogens (primary N) is 1. The molecule has 0 fully saturated rings. The van der Waals surface area contributed by atoms with Crippen LogP contribution in [0, 0.1) is 0 Å². The first-order valence-electron chi connectivity index (χ1n) is 12.3. The van der Waals surface area contributed by atoms with Crippen molar-refractivity contribution >= 4 is 35.7 Å². The number of rotatable bonds is 25. The zero-order chi connectivity index (χ0) is 29.6. The van der Waals surface area contributed by atoms with E-state index in [9.17, 15) is 28.8 Å². The fraction of sp³-hybridized carbons (Fsp3) is 0.727. The SMILES string of the molecule is NCC(=O)NOCCCCCCNC(=O)CN(CCN(CC(=O)O)CC(=O)O)CCN(CC(=O)O)CC(=O)O. The molecule has 0 aliphatic heterocycles. The fourth-order valence-electron chi connectivity index (χ4n) is 3.34. The molecule has 39 heavy (non-hydrogen) atoms. The Hall–Kier alpha value is -3.38. The standard InChI is InChI=1S/C22H40N6O11/c23-11-17(29)25-39-10-4-2-1-3-5-24-18(30)12-26(6-8-27(13-19(31)32)14-20(33)34)7-9-28(15-21(35)36)16-22(37)38/h1-16,23H2,(H,24,30)(H,25,29)(H,31,32)(H,33,34)(H,35,36)(H,37,38). The van der Waals surface area contributed by atoms with Crippen LogP contribution in [0.1, 0.15) is 25.7 Å². The molecule has 0 aromatic carbocycles. The number of carbonyl (C=O) groups is 6. The van der Waals surface area contributed by atoms with E-state index in [1.54, 1.807) is 4.90 Å². The number of hydrogen-bond donors (Lipinski definition) is 7. The first-order valence-corrected chi connectivity index (χ1v) is 12.3. The minimum Gasteiger partial charge on any atom is -0.480 e. The maximum atomic E-state index is 12.5. The van der Waals surface area contributed by atoms with Crippen LogP contribution in [0.4, 0.5) is 0 Å². The van der Waals surface area contributed by atoms with Gasteiger partial charge in [0.25, 0.3) is 5.91 Å². The van der Waals surface area contributed by atoms with Gasteiger partial charge < -0.3 is 31.5 Å². The van der Waals surface area contributed by atoms with Gasteiger partial charge >= 0.3 is 23.9 Å². The Morgan fingerprint density at radius 1 is 0.590 bits per heavy atom. The summed E-state index contributed by atoms with van der Waals surface area (Å²) in [5.74, 6) is -5.65. The minimum absolute atomic E-state index is 0.00243. The molecule has 0 aliphatic carbocycles. The Bertz CT molecular complexity index is 726. The Morgan fingerprint density at radius 2 is 1.03 bits per heavy atom. The van der Waals surface area contributed by atoms with E-state index in [-0.39, 0.29) is 45.2 Å². The largest absolute Gasteiger partial charge is 0.480 e. The van der Waals surface area contributed by atoms with E-state index < -0.39 is 56.0 Å². The van der Waals surface area contributed by atoms with Crippen molar-refractivity contribution in [3.8, 4) is 0 Å². The van der Waals surface area contributed by atoms with Gasteiger partial charge in [0, 0.05) is 32.7 Å². The zero-order valence-corrected chi connectivity index (χ0v) is 21.9. The summed E-state index contributed by atoms with van der Waals surface area (Å²) >= 11 is 0. The van der Waals surface area contributed by atoms with Gasteiger partial charge in [0.15, 0.2) is 0 Å². The number of amides is 2. The van der Waals surface area contributed by atoms with Gasteiger partial charge in [-0.25, -0.2) is 5.48 Å². The molecule has 0 radical (unpaired) electrons. The van der Waals surface area contributed by atoms with Crippen LogP contribution in [0.5, 0.6) is 0 Å². The molecule has 224 valence electrons. The molecule has 0 saturated heterocycles. The van der Waals surface area contributed by atoms with Crippen molar-refractivity contribution in [1.82, 2.24) is 25.5 Å². The number of unbranched alkanes of at least 4 members (excludes halogenated alkanes) is 3. The Morgan fingerprint density at radius 3 is 1.46 bits per heavy atom. The van der Waals surface area contributed by atoms with Crippen molar-refractivity contribution in [2.75, 3.05) is 78.6 Å². The van der Waals surface area contributed by atoms with Crippen molar-refractivity contribution in [2.45, 2.75) is 25.7 Å². The summed E-state index contributed by atoms with van der Waals surface area (Å²) in [5, 5.41) is 38.9. The van der Waals surface area contributed by atoms with Gasteiger partial charge in [-0.15, -0.1) is 0 Å². The lowest BCUT2D eigenvalue weighted by atomic mass is 10.2. The molecule has 0 saturated carbocycles. The molecule has 0 rings (SSSR count). The topological polar surface area (TPSA) is 252 Å². The lowest BCUT2D eigenvalue weighted by Gasteiger charge is -2.28. The van der Waals surface area contributed by atoms with Crippen molar-refractivity contribution in [3.05, 3.63) is 0 Å². The van der Waals surface area contributed by atoms with E-state index in [1.807, 2.05) is 0 Å². The third-order valence-electron chi connectivity index (χ3n) is 5.13. The molecule has 0 aromatic rings. The van der Waals surface area contributed by atoms with Crippen LogP contribution in [0.2, 0.25) is 0 Å². The number of hydrogen-bond acceptors (Lipinski definition) is 11. The number of hydroxylamine groups is 1. The Balaban J connectivity index is 4.79. The van der Waals surface area contributed by atoms with Crippen LogP contribution >= 0.6 is 0 Å². The van der Waals surface area contributed by atoms with Crippen LogP contribution in [-0.4, -0.2) is 149 Å². The van der Waals surface area contributed by atoms with Crippen LogP contribution < -0.4 is 16.5 Å². The highest BCUT2D eigenvalue weighted by Crippen LogP contribution is 2.00. The molecule has 0 atom stereocenters. The third kappa shape index (κ3) is 22.3. The molecule has 17 nitrogen and oxygen atoms in total. The summed E-state index contributed by atoms with van der Waals surface area (Å²) in [6.45, 7) is -1.54. The fourth-order valence-corrected chi connectivity index (χ4v) is 3.34. The highest BCUT2D eigenvalue weighted by atomic mass is 16.6. The second-order valence-corrected chi connectivity index (χ2v) is 8.61. The summed E-state index contributed by atoms with van der Waals surface area (Å²) in [4.78, 5) is 76.5. The summed E-state index contributed by atoms with van der Waals surface area (Å²) in [7, 11) is 0. The summed E-state index contributed by atoms with van der Waals surface area (Å²) in [6.07, 6.45) is 2.96. The predicted octanol–water partition coefficient (Wildman–Crippen LogP) is -3.09. The van der Waals surface area contributed by atoms with E-state index in [1.165, 1.54) is 9.80 Å². The molecule has 0 heterocycles. The van der Waals surface area contributed by atoms with Crippen LogP contribution in [0.25, 0.3) is 0 Å². The van der Waals surface area contributed by atoms with Gasteiger partial charge in [-0.3, -0.25) is 48.3 Å². The maximum absolute atomic E-state index is 12.5. The highest BCUT2D eigenvalue weighted by molar-refractivity contribution is 5.78. The maximum Gasteiger partial charge on any atom is 0.317 e. The molecule has 0 spiro atoms. The lowest BCUT2D eigenvalue weighted by Crippen LogP contribution is -2.47. The average Bonchev–Trinajstić information content (AvgIpc) is 2.82. The molecule has 0 unspecified atom stereocenters. The first-order chi connectivity index (χ1) is 18.4. The smallest absolute Gasteiger partial charge is 0.317 e. The van der Waals surface area contributed by atoms with Gasteiger partial charge in [0.2, 0.25) is 5.91 Å². The predicted molar refractivity (Wildman–Crippen MR) is 134 cm³/mol. The van der Waals surface area contributed by atoms with Crippen molar-refractivity contribution in [3.63, 3.8) is 0 Å². The summed E-state index contributed by atoms with van der Waals surface area (Å²) in [5.41, 5.74) is 7.32. The number of carbonyl (C=O) groups excluding carboxylic acids is 2. The molecule has 0 aromatic heterocycles. The van der Waals surface area contributed by atoms with Crippen molar-refractivity contribution in [1.29, 1.82) is 0 Å². The van der Waals surface area contributed by atoms with E-state index in [4.69, 9.17) is 31.0 Å². The number of aliphatic carboxylic acids is 4. The molecule has 0 bridgehead atoms. The monoisotopic (exact) mass is 564 g/mol. The van der Waals surface area contributed by atoms with Gasteiger partial charge in [-0.1, -0.05) is 12.8 Å². The van der Waals surface area contributed by atoms with E-state index in [0.29, 0.717) is 26.0 Å². The van der Waals surface area contributed by atoms with Gasteiger partial charge in [-0.05, 0) is 12.8 Å².